The van der Waals surface area contributed by atoms with Gasteiger partial charge in [-0.2, -0.15) is 10.5 Å². The Morgan fingerprint density at radius 1 is 0.719 bits per heavy atom. The molecule has 0 fully saturated rings. The highest BCUT2D eigenvalue weighted by molar-refractivity contribution is 6.00. The highest BCUT2D eigenvalue weighted by Crippen LogP contribution is 2.74. The van der Waals surface area contributed by atoms with Crippen LogP contribution in [0.3, 0.4) is 0 Å². The molecular weight excluding hydrogens is 404 g/mol. The number of hydrogen-bond donors (Lipinski definition) is 0. The minimum Gasteiger partial charge on any atom is -0.465 e. The van der Waals surface area contributed by atoms with E-state index in [1.54, 1.807) is 27.7 Å². The molecule has 5 rings (SSSR count). The summed E-state index contributed by atoms with van der Waals surface area (Å²) < 4.78 is 10.9. The second-order valence-electron chi connectivity index (χ2n) is 8.51. The van der Waals surface area contributed by atoms with Crippen LogP contribution >= 0.6 is 0 Å². The summed E-state index contributed by atoms with van der Waals surface area (Å²) in [7, 11) is 0. The first kappa shape index (κ1) is 21.6. The van der Waals surface area contributed by atoms with E-state index in [0.717, 1.165) is 22.3 Å². The van der Waals surface area contributed by atoms with E-state index in [0.29, 0.717) is 0 Å². The Labute approximate surface area is 187 Å². The third kappa shape index (κ3) is 1.95. The smallest absolute Gasteiger partial charge is 0.330 e. The van der Waals surface area contributed by atoms with Crippen molar-refractivity contribution in [3.63, 3.8) is 0 Å². The van der Waals surface area contributed by atoms with Gasteiger partial charge >= 0.3 is 11.9 Å². The van der Waals surface area contributed by atoms with Crippen LogP contribution in [0.1, 0.15) is 49.9 Å². The molecule has 3 aliphatic carbocycles. The summed E-state index contributed by atoms with van der Waals surface area (Å²) in [6.07, 6.45) is 0. The molecule has 0 aliphatic heterocycles. The Kier molecular flexibility index (Phi) is 4.68. The van der Waals surface area contributed by atoms with Gasteiger partial charge in [-0.3, -0.25) is 9.59 Å². The van der Waals surface area contributed by atoms with E-state index in [1.165, 1.54) is 0 Å². The van der Waals surface area contributed by atoms with Gasteiger partial charge in [0.1, 0.15) is 0 Å². The monoisotopic (exact) mass is 428 g/mol. The minimum atomic E-state index is -2.17. The van der Waals surface area contributed by atoms with Crippen LogP contribution in [-0.2, 0) is 29.9 Å². The SMILES string of the molecule is CCOC(=O)C1(C#N)C2(C)c3ccccc3C(C)(c3ccccc32)C1(C#N)C(=O)OCC. The molecule has 2 aromatic carbocycles. The van der Waals surface area contributed by atoms with E-state index in [2.05, 4.69) is 12.1 Å². The van der Waals surface area contributed by atoms with Crippen molar-refractivity contribution >= 4 is 11.9 Å². The molecule has 3 aliphatic rings. The Morgan fingerprint density at radius 3 is 1.22 bits per heavy atom. The van der Waals surface area contributed by atoms with Crippen molar-refractivity contribution in [2.24, 2.45) is 10.8 Å². The average molecular weight is 428 g/mol. The lowest BCUT2D eigenvalue weighted by molar-refractivity contribution is -0.184. The summed E-state index contributed by atoms with van der Waals surface area (Å²) in [5.74, 6) is -1.79. The van der Waals surface area contributed by atoms with Crippen molar-refractivity contribution in [1.82, 2.24) is 0 Å². The molecule has 2 aromatic rings. The van der Waals surface area contributed by atoms with Gasteiger partial charge in [0.25, 0.3) is 0 Å². The van der Waals surface area contributed by atoms with E-state index in [4.69, 9.17) is 9.47 Å². The predicted octanol–water partition coefficient (Wildman–Crippen LogP) is 3.77. The van der Waals surface area contributed by atoms with Crippen molar-refractivity contribution in [2.45, 2.75) is 38.5 Å². The molecule has 0 spiro atoms. The quantitative estimate of drug-likeness (QED) is 0.687. The third-order valence-electron chi connectivity index (χ3n) is 7.57. The standard InChI is InChI=1S/C26H24N2O4/c1-5-31-21(29)25(15-27)23(3)17-11-7-9-13-19(17)24(4,20-14-10-8-12-18(20)23)26(25,16-28)22(30)32-6-2/h7-14H,5-6H2,1-4H3. The van der Waals surface area contributed by atoms with E-state index in [-0.39, 0.29) is 13.2 Å². The number of rotatable bonds is 4. The second kappa shape index (κ2) is 6.93. The number of fused-ring (bicyclic) bond motifs is 1. The van der Waals surface area contributed by atoms with Crippen LogP contribution in [-0.4, -0.2) is 25.2 Å². The molecule has 0 aromatic heterocycles. The topological polar surface area (TPSA) is 100 Å². The molecule has 0 saturated carbocycles. The van der Waals surface area contributed by atoms with Crippen molar-refractivity contribution in [3.8, 4) is 12.1 Å². The summed E-state index contributed by atoms with van der Waals surface area (Å²) in [5.41, 5.74) is -4.10. The number of carbonyl (C=O) groups is 2. The zero-order valence-electron chi connectivity index (χ0n) is 18.6. The van der Waals surface area contributed by atoms with Crippen molar-refractivity contribution in [2.75, 3.05) is 13.2 Å². The van der Waals surface area contributed by atoms with Gasteiger partial charge in [0.05, 0.1) is 25.4 Å². The fourth-order valence-corrected chi connectivity index (χ4v) is 6.23. The summed E-state index contributed by atoms with van der Waals surface area (Å²) in [6, 6.07) is 19.1. The van der Waals surface area contributed by atoms with Crippen molar-refractivity contribution in [1.29, 1.82) is 10.5 Å². The van der Waals surface area contributed by atoms with Crippen LogP contribution < -0.4 is 0 Å². The summed E-state index contributed by atoms with van der Waals surface area (Å²) in [6.45, 7) is 6.79. The molecule has 2 bridgehead atoms. The van der Waals surface area contributed by atoms with Crippen LogP contribution in [0, 0.1) is 33.5 Å². The first-order chi connectivity index (χ1) is 15.3. The maximum atomic E-state index is 13.8. The van der Waals surface area contributed by atoms with Crippen molar-refractivity contribution < 1.29 is 19.1 Å². The molecule has 0 heterocycles. The second-order valence-corrected chi connectivity index (χ2v) is 8.51. The number of benzene rings is 2. The van der Waals surface area contributed by atoms with Gasteiger partial charge in [0, 0.05) is 10.8 Å². The van der Waals surface area contributed by atoms with Crippen LogP contribution in [0.25, 0.3) is 0 Å². The highest BCUT2D eigenvalue weighted by atomic mass is 16.5. The van der Waals surface area contributed by atoms with Gasteiger partial charge in [-0.25, -0.2) is 0 Å². The molecule has 0 N–H and O–H groups in total. The Bertz CT molecular complexity index is 1080. The number of esters is 2. The Morgan fingerprint density at radius 2 is 1.00 bits per heavy atom. The molecule has 6 nitrogen and oxygen atoms in total. The molecule has 162 valence electrons. The van der Waals surface area contributed by atoms with E-state index in [9.17, 15) is 20.1 Å². The molecule has 0 saturated heterocycles. The largest absolute Gasteiger partial charge is 0.465 e. The summed E-state index contributed by atoms with van der Waals surface area (Å²) in [4.78, 5) is 27.6. The first-order valence-corrected chi connectivity index (χ1v) is 10.7. The zero-order valence-corrected chi connectivity index (χ0v) is 18.6. The van der Waals surface area contributed by atoms with Crippen LogP contribution in [0.15, 0.2) is 48.5 Å². The average Bonchev–Trinajstić information content (AvgIpc) is 2.81. The van der Waals surface area contributed by atoms with E-state index >= 15 is 0 Å². The normalized spacial score (nSPS) is 31.4. The molecule has 6 heteroatoms. The lowest BCUT2D eigenvalue weighted by Gasteiger charge is -2.65. The maximum Gasteiger partial charge on any atom is 0.330 e. The van der Waals surface area contributed by atoms with Crippen molar-refractivity contribution in [3.05, 3.63) is 70.8 Å². The fraction of sp³-hybridized carbons (Fsp3) is 0.385. The molecular formula is C26H24N2O4. The van der Waals surface area contributed by atoms with Gasteiger partial charge in [-0.1, -0.05) is 48.5 Å². The molecule has 2 atom stereocenters. The van der Waals surface area contributed by atoms with Gasteiger partial charge in [0.15, 0.2) is 10.8 Å². The molecule has 0 amide bonds. The number of carbonyl (C=O) groups excluding carboxylic acids is 2. The van der Waals surface area contributed by atoms with Gasteiger partial charge < -0.3 is 9.47 Å². The number of nitrogens with zero attached hydrogens (tertiary/aromatic N) is 2. The zero-order chi connectivity index (χ0) is 23.4. The Balaban J connectivity index is 2.33. The molecule has 0 radical (unpaired) electrons. The minimum absolute atomic E-state index is 0.00266. The van der Waals surface area contributed by atoms with Crippen LogP contribution in [0.5, 0.6) is 0 Å². The van der Waals surface area contributed by atoms with Crippen LogP contribution in [0.4, 0.5) is 0 Å². The van der Waals surface area contributed by atoms with Gasteiger partial charge in [-0.15, -0.1) is 0 Å². The van der Waals surface area contributed by atoms with E-state index < -0.39 is 33.6 Å². The van der Waals surface area contributed by atoms with E-state index in [1.807, 2.05) is 48.5 Å². The predicted molar refractivity (Wildman–Crippen MR) is 115 cm³/mol. The lowest BCUT2D eigenvalue weighted by atomic mass is 9.31. The van der Waals surface area contributed by atoms with Gasteiger partial charge in [-0.05, 0) is 49.9 Å². The lowest BCUT2D eigenvalue weighted by Crippen LogP contribution is -2.75. The van der Waals surface area contributed by atoms with Gasteiger partial charge in [0.2, 0.25) is 0 Å². The summed E-state index contributed by atoms with van der Waals surface area (Å²) >= 11 is 0. The maximum absolute atomic E-state index is 13.8. The Hall–Kier alpha value is -3.64. The summed E-state index contributed by atoms with van der Waals surface area (Å²) in [5, 5.41) is 21.5. The third-order valence-corrected chi connectivity index (χ3v) is 7.57. The number of nitriles is 2. The first-order valence-electron chi connectivity index (χ1n) is 10.7. The molecule has 32 heavy (non-hydrogen) atoms. The molecule has 2 unspecified atom stereocenters. The van der Waals surface area contributed by atoms with Crippen LogP contribution in [0.2, 0.25) is 0 Å². The number of ether oxygens (including phenoxy) is 2. The fourth-order valence-electron chi connectivity index (χ4n) is 6.23. The highest BCUT2D eigenvalue weighted by Gasteiger charge is 2.85. The number of hydrogen-bond acceptors (Lipinski definition) is 6.